The van der Waals surface area contributed by atoms with Gasteiger partial charge in [-0.3, -0.25) is 0 Å². The van der Waals surface area contributed by atoms with E-state index in [1.165, 1.54) is 5.56 Å². The van der Waals surface area contributed by atoms with Gasteiger partial charge in [-0.1, -0.05) is 30.7 Å². The summed E-state index contributed by atoms with van der Waals surface area (Å²) in [7, 11) is 0. The minimum Gasteiger partial charge on any atom is -0.496 e. The fraction of sp³-hybridized carbons (Fsp3) is 0.429. The van der Waals surface area contributed by atoms with Crippen molar-refractivity contribution in [2.45, 2.75) is 25.8 Å². The van der Waals surface area contributed by atoms with Gasteiger partial charge in [0.05, 0.1) is 12.6 Å². The van der Waals surface area contributed by atoms with E-state index in [1.54, 1.807) is 0 Å². The third kappa shape index (κ3) is 3.48. The molecule has 1 N–H and O–H groups in total. The molecule has 0 aliphatic carbocycles. The van der Waals surface area contributed by atoms with Crippen LogP contribution in [0.2, 0.25) is 5.02 Å². The predicted molar refractivity (Wildman–Crippen MR) is 71.3 cm³/mol. The molecule has 2 nitrogen and oxygen atoms in total. The molecular formula is C14H18ClNO. The second kappa shape index (κ2) is 6.08. The molecule has 0 aromatic heterocycles. The number of hydrogen-bond acceptors (Lipinski definition) is 2. The van der Waals surface area contributed by atoms with E-state index in [9.17, 15) is 0 Å². The highest BCUT2D eigenvalue weighted by molar-refractivity contribution is 6.30. The van der Waals surface area contributed by atoms with Gasteiger partial charge in [0.25, 0.3) is 0 Å². The lowest BCUT2D eigenvalue weighted by atomic mass is 10.0. The summed E-state index contributed by atoms with van der Waals surface area (Å²) in [6, 6.07) is 8.29. The van der Waals surface area contributed by atoms with Crippen LogP contribution in [-0.2, 0) is 11.2 Å². The molecular weight excluding hydrogens is 234 g/mol. The highest BCUT2D eigenvalue weighted by atomic mass is 35.5. The first-order chi connectivity index (χ1) is 8.29. The van der Waals surface area contributed by atoms with Crippen molar-refractivity contribution in [3.8, 4) is 0 Å². The Balaban J connectivity index is 2.04. The average molecular weight is 252 g/mol. The zero-order chi connectivity index (χ0) is 12.1. The van der Waals surface area contributed by atoms with Crippen LogP contribution >= 0.6 is 11.6 Å². The lowest BCUT2D eigenvalue weighted by molar-refractivity contribution is 0.215. The van der Waals surface area contributed by atoms with Gasteiger partial charge in [0.2, 0.25) is 0 Å². The van der Waals surface area contributed by atoms with Gasteiger partial charge in [-0.15, -0.1) is 0 Å². The molecule has 1 aliphatic heterocycles. The third-order valence-corrected chi connectivity index (χ3v) is 3.13. The molecule has 1 aliphatic rings. The number of nitrogens with one attached hydrogen (secondary N) is 1. The Kier molecular flexibility index (Phi) is 4.46. The molecule has 1 unspecified atom stereocenters. The molecule has 0 saturated carbocycles. The number of hydrogen-bond donors (Lipinski definition) is 1. The van der Waals surface area contributed by atoms with Crippen molar-refractivity contribution in [1.82, 2.24) is 5.32 Å². The molecule has 0 fully saturated rings. The Hall–Kier alpha value is -0.990. The number of benzene rings is 1. The van der Waals surface area contributed by atoms with Gasteiger partial charge in [-0.25, -0.2) is 0 Å². The van der Waals surface area contributed by atoms with E-state index in [4.69, 9.17) is 16.3 Å². The van der Waals surface area contributed by atoms with Gasteiger partial charge >= 0.3 is 0 Å². The first kappa shape index (κ1) is 12.5. The first-order valence-corrected chi connectivity index (χ1v) is 6.48. The lowest BCUT2D eigenvalue weighted by Crippen LogP contribution is -2.33. The zero-order valence-corrected chi connectivity index (χ0v) is 10.8. The maximum Gasteiger partial charge on any atom is 0.109 e. The zero-order valence-electron chi connectivity index (χ0n) is 10.1. The Bertz CT molecular complexity index is 386. The molecule has 1 heterocycles. The largest absolute Gasteiger partial charge is 0.496 e. The summed E-state index contributed by atoms with van der Waals surface area (Å²) in [6.07, 6.45) is 4.15. The topological polar surface area (TPSA) is 21.3 Å². The van der Waals surface area contributed by atoms with Gasteiger partial charge in [-0.05, 0) is 36.7 Å². The maximum atomic E-state index is 5.88. The van der Waals surface area contributed by atoms with E-state index in [0.29, 0.717) is 0 Å². The standard InChI is InChI=1S/C14H18ClNO/c1-2-16-13(14-4-3-9-17-14)10-11-5-7-12(15)8-6-11/h4-8,13,16H,2-3,9-10H2,1H3. The normalized spacial score (nSPS) is 16.5. The van der Waals surface area contributed by atoms with Gasteiger partial charge in [0.1, 0.15) is 5.76 Å². The molecule has 0 spiro atoms. The monoisotopic (exact) mass is 251 g/mol. The van der Waals surface area contributed by atoms with Crippen molar-refractivity contribution in [2.75, 3.05) is 13.2 Å². The van der Waals surface area contributed by atoms with Gasteiger partial charge in [0, 0.05) is 11.4 Å². The van der Waals surface area contributed by atoms with E-state index >= 15 is 0 Å². The second-order valence-electron chi connectivity index (χ2n) is 4.18. The third-order valence-electron chi connectivity index (χ3n) is 2.88. The highest BCUT2D eigenvalue weighted by Gasteiger charge is 2.18. The van der Waals surface area contributed by atoms with Crippen LogP contribution in [0.5, 0.6) is 0 Å². The summed E-state index contributed by atoms with van der Waals surface area (Å²) >= 11 is 5.88. The lowest BCUT2D eigenvalue weighted by Gasteiger charge is -2.19. The number of ether oxygens (including phenoxy) is 1. The van der Waals surface area contributed by atoms with Crippen LogP contribution in [0.15, 0.2) is 36.1 Å². The smallest absolute Gasteiger partial charge is 0.109 e. The van der Waals surface area contributed by atoms with Crippen molar-refractivity contribution < 1.29 is 4.74 Å². The molecule has 17 heavy (non-hydrogen) atoms. The molecule has 0 bridgehead atoms. The van der Waals surface area contributed by atoms with Gasteiger partial charge in [0.15, 0.2) is 0 Å². The second-order valence-corrected chi connectivity index (χ2v) is 4.62. The summed E-state index contributed by atoms with van der Waals surface area (Å²) in [4.78, 5) is 0. The fourth-order valence-corrected chi connectivity index (χ4v) is 2.18. The average Bonchev–Trinajstić information content (AvgIpc) is 2.85. The van der Waals surface area contributed by atoms with E-state index in [1.807, 2.05) is 12.1 Å². The van der Waals surface area contributed by atoms with E-state index in [-0.39, 0.29) is 6.04 Å². The van der Waals surface area contributed by atoms with Crippen LogP contribution in [0, 0.1) is 0 Å². The summed E-state index contributed by atoms with van der Waals surface area (Å²) in [5, 5.41) is 4.24. The highest BCUT2D eigenvalue weighted by Crippen LogP contribution is 2.18. The maximum absolute atomic E-state index is 5.88. The molecule has 1 aromatic carbocycles. The quantitative estimate of drug-likeness (QED) is 0.868. The minimum absolute atomic E-state index is 0.281. The number of halogens is 1. The van der Waals surface area contributed by atoms with Crippen molar-refractivity contribution in [1.29, 1.82) is 0 Å². The van der Waals surface area contributed by atoms with E-state index < -0.39 is 0 Å². The van der Waals surface area contributed by atoms with Crippen LogP contribution in [-0.4, -0.2) is 19.2 Å². The Morgan fingerprint density at radius 2 is 2.12 bits per heavy atom. The SMILES string of the molecule is CCNC(Cc1ccc(Cl)cc1)C1=CCCO1. The van der Waals surface area contributed by atoms with Crippen molar-refractivity contribution >= 4 is 11.6 Å². The van der Waals surface area contributed by atoms with Crippen LogP contribution in [0.1, 0.15) is 18.9 Å². The Morgan fingerprint density at radius 1 is 1.35 bits per heavy atom. The van der Waals surface area contributed by atoms with Gasteiger partial charge in [-0.2, -0.15) is 0 Å². The van der Waals surface area contributed by atoms with Crippen LogP contribution in [0.4, 0.5) is 0 Å². The molecule has 92 valence electrons. The molecule has 1 atom stereocenters. The van der Waals surface area contributed by atoms with Crippen molar-refractivity contribution in [3.63, 3.8) is 0 Å². The molecule has 0 saturated heterocycles. The number of likely N-dealkylation sites (N-methyl/N-ethyl adjacent to an activating group) is 1. The molecule has 0 radical (unpaired) electrons. The summed E-state index contributed by atoms with van der Waals surface area (Å²) in [5.41, 5.74) is 1.27. The molecule has 1 aromatic rings. The van der Waals surface area contributed by atoms with Crippen molar-refractivity contribution in [2.24, 2.45) is 0 Å². The van der Waals surface area contributed by atoms with Crippen LogP contribution in [0.3, 0.4) is 0 Å². The summed E-state index contributed by atoms with van der Waals surface area (Å²) in [6.45, 7) is 3.88. The van der Waals surface area contributed by atoms with E-state index in [0.717, 1.165) is 36.8 Å². The Labute approximate surface area is 108 Å². The van der Waals surface area contributed by atoms with Crippen LogP contribution < -0.4 is 5.32 Å². The first-order valence-electron chi connectivity index (χ1n) is 6.10. The van der Waals surface area contributed by atoms with E-state index in [2.05, 4.69) is 30.4 Å². The molecule has 3 heteroatoms. The van der Waals surface area contributed by atoms with Gasteiger partial charge < -0.3 is 10.1 Å². The fourth-order valence-electron chi connectivity index (χ4n) is 2.06. The number of rotatable bonds is 5. The Morgan fingerprint density at radius 3 is 2.71 bits per heavy atom. The van der Waals surface area contributed by atoms with Crippen LogP contribution in [0.25, 0.3) is 0 Å². The molecule has 0 amide bonds. The molecule has 2 rings (SSSR count). The minimum atomic E-state index is 0.281. The van der Waals surface area contributed by atoms with Crippen molar-refractivity contribution in [3.05, 3.63) is 46.7 Å². The predicted octanol–water partition coefficient (Wildman–Crippen LogP) is 3.16. The summed E-state index contributed by atoms with van der Waals surface area (Å²) in [5.74, 6) is 1.09. The summed E-state index contributed by atoms with van der Waals surface area (Å²) < 4.78 is 5.64.